The van der Waals surface area contributed by atoms with Gasteiger partial charge in [0.05, 0.1) is 12.2 Å². The first-order valence-corrected chi connectivity index (χ1v) is 7.05. The molecule has 114 valence electrons. The molecule has 0 aromatic carbocycles. The average Bonchev–Trinajstić information content (AvgIpc) is 2.30. The first-order chi connectivity index (χ1) is 8.68. The van der Waals surface area contributed by atoms with Crippen LogP contribution in [0, 0.1) is 11.3 Å². The first-order valence-electron chi connectivity index (χ1n) is 7.05. The maximum atomic E-state index is 11.6. The van der Waals surface area contributed by atoms with Crippen molar-refractivity contribution in [3.63, 3.8) is 0 Å². The largest absolute Gasteiger partial charge is 0.393 e. The molecule has 0 aromatic heterocycles. The summed E-state index contributed by atoms with van der Waals surface area (Å²) < 4.78 is 0. The SMILES string of the molecule is CCC(C)C(O)CNC(=O)NCC(C)(C)CC(C)O. The molecule has 4 N–H and O–H groups in total. The normalized spacial score (nSPS) is 16.6. The number of carbonyl (C=O) groups excluding carboxylic acids is 1. The molecule has 0 aliphatic heterocycles. The van der Waals surface area contributed by atoms with Gasteiger partial charge in [-0.2, -0.15) is 0 Å². The van der Waals surface area contributed by atoms with Gasteiger partial charge in [0.1, 0.15) is 0 Å². The van der Waals surface area contributed by atoms with Crippen LogP contribution >= 0.6 is 0 Å². The smallest absolute Gasteiger partial charge is 0.314 e. The zero-order valence-electron chi connectivity index (χ0n) is 12.9. The molecule has 0 bridgehead atoms. The molecule has 3 unspecified atom stereocenters. The predicted octanol–water partition coefficient (Wildman–Crippen LogP) is 1.49. The molecule has 0 heterocycles. The summed E-state index contributed by atoms with van der Waals surface area (Å²) in [5.74, 6) is 0.173. The summed E-state index contributed by atoms with van der Waals surface area (Å²) in [6.45, 7) is 10.4. The van der Waals surface area contributed by atoms with Crippen LogP contribution in [0.2, 0.25) is 0 Å². The zero-order chi connectivity index (χ0) is 15.1. The van der Waals surface area contributed by atoms with Crippen molar-refractivity contribution in [3.05, 3.63) is 0 Å². The van der Waals surface area contributed by atoms with Gasteiger partial charge in [0.2, 0.25) is 0 Å². The van der Waals surface area contributed by atoms with E-state index in [0.29, 0.717) is 13.0 Å². The number of amides is 2. The molecule has 5 nitrogen and oxygen atoms in total. The van der Waals surface area contributed by atoms with Crippen molar-refractivity contribution in [2.75, 3.05) is 13.1 Å². The number of nitrogens with one attached hydrogen (secondary N) is 2. The van der Waals surface area contributed by atoms with Crippen LogP contribution in [0.5, 0.6) is 0 Å². The van der Waals surface area contributed by atoms with Gasteiger partial charge in [0.25, 0.3) is 0 Å². The van der Waals surface area contributed by atoms with Crippen LogP contribution < -0.4 is 10.6 Å². The summed E-state index contributed by atoms with van der Waals surface area (Å²) >= 11 is 0. The fraction of sp³-hybridized carbons (Fsp3) is 0.929. The van der Waals surface area contributed by atoms with Gasteiger partial charge in [0, 0.05) is 13.1 Å². The first kappa shape index (κ1) is 18.2. The highest BCUT2D eigenvalue weighted by molar-refractivity contribution is 5.73. The summed E-state index contributed by atoms with van der Waals surface area (Å²) in [7, 11) is 0. The van der Waals surface area contributed by atoms with Crippen LogP contribution in [0.4, 0.5) is 4.79 Å². The van der Waals surface area contributed by atoms with Crippen molar-refractivity contribution in [2.45, 2.75) is 59.7 Å². The lowest BCUT2D eigenvalue weighted by Crippen LogP contribution is -2.44. The Kier molecular flexibility index (Phi) is 8.02. The maximum absolute atomic E-state index is 11.6. The van der Waals surface area contributed by atoms with Crippen LogP contribution in [0.1, 0.15) is 47.5 Å². The molecule has 19 heavy (non-hydrogen) atoms. The third-order valence-corrected chi connectivity index (χ3v) is 3.35. The van der Waals surface area contributed by atoms with E-state index in [9.17, 15) is 15.0 Å². The fourth-order valence-electron chi connectivity index (χ4n) is 1.92. The highest BCUT2D eigenvalue weighted by Crippen LogP contribution is 2.20. The number of rotatable bonds is 8. The molecular weight excluding hydrogens is 244 g/mol. The minimum absolute atomic E-state index is 0.152. The molecule has 0 rings (SSSR count). The Morgan fingerprint density at radius 3 is 2.26 bits per heavy atom. The Morgan fingerprint density at radius 2 is 1.79 bits per heavy atom. The number of aliphatic hydroxyl groups is 2. The summed E-state index contributed by atoms with van der Waals surface area (Å²) in [5.41, 5.74) is -0.152. The van der Waals surface area contributed by atoms with Crippen molar-refractivity contribution < 1.29 is 15.0 Å². The molecule has 0 aromatic rings. The quantitative estimate of drug-likeness (QED) is 0.541. The molecule has 2 amide bonds. The monoisotopic (exact) mass is 274 g/mol. The zero-order valence-corrected chi connectivity index (χ0v) is 12.9. The van der Waals surface area contributed by atoms with Crippen molar-refractivity contribution in [1.82, 2.24) is 10.6 Å². The standard InChI is InChI=1S/C14H30N2O3/c1-6-10(2)12(18)8-15-13(19)16-9-14(4,5)7-11(3)17/h10-12,17-18H,6-9H2,1-5H3,(H2,15,16,19). The molecule has 5 heteroatoms. The molecule has 0 aliphatic rings. The van der Waals surface area contributed by atoms with Gasteiger partial charge in [-0.05, 0) is 24.7 Å². The van der Waals surface area contributed by atoms with E-state index in [-0.39, 0.29) is 30.0 Å². The Bertz CT molecular complexity index is 267. The third-order valence-electron chi connectivity index (χ3n) is 3.35. The van der Waals surface area contributed by atoms with E-state index < -0.39 is 6.10 Å². The maximum Gasteiger partial charge on any atom is 0.314 e. The lowest BCUT2D eigenvalue weighted by atomic mass is 9.87. The Morgan fingerprint density at radius 1 is 1.21 bits per heavy atom. The van der Waals surface area contributed by atoms with Crippen molar-refractivity contribution >= 4 is 6.03 Å². The lowest BCUT2D eigenvalue weighted by Gasteiger charge is -2.26. The van der Waals surface area contributed by atoms with Crippen LogP contribution in [-0.4, -0.2) is 41.5 Å². The molecule has 0 saturated heterocycles. The molecular formula is C14H30N2O3. The Balaban J connectivity index is 3.93. The topological polar surface area (TPSA) is 81.6 Å². The second kappa shape index (κ2) is 8.38. The number of urea groups is 1. The third kappa shape index (κ3) is 8.83. The van der Waals surface area contributed by atoms with Gasteiger partial charge in [0.15, 0.2) is 0 Å². The van der Waals surface area contributed by atoms with Crippen LogP contribution in [-0.2, 0) is 0 Å². The summed E-state index contributed by atoms with van der Waals surface area (Å²) in [6, 6.07) is -0.277. The van der Waals surface area contributed by atoms with E-state index in [1.54, 1.807) is 6.92 Å². The minimum Gasteiger partial charge on any atom is -0.393 e. The van der Waals surface area contributed by atoms with Gasteiger partial charge >= 0.3 is 6.03 Å². The van der Waals surface area contributed by atoms with Crippen molar-refractivity contribution in [3.8, 4) is 0 Å². The summed E-state index contributed by atoms with van der Waals surface area (Å²) in [6.07, 6.45) is 0.614. The molecule has 0 radical (unpaired) electrons. The van der Waals surface area contributed by atoms with Gasteiger partial charge < -0.3 is 20.8 Å². The van der Waals surface area contributed by atoms with Gasteiger partial charge in [-0.25, -0.2) is 4.79 Å². The number of aliphatic hydroxyl groups excluding tert-OH is 2. The number of hydrogen-bond donors (Lipinski definition) is 4. The van der Waals surface area contributed by atoms with Gasteiger partial charge in [-0.3, -0.25) is 0 Å². The molecule has 0 saturated carbocycles. The molecule has 3 atom stereocenters. The number of carbonyl (C=O) groups is 1. The van der Waals surface area contributed by atoms with Crippen molar-refractivity contribution in [2.24, 2.45) is 11.3 Å². The second-order valence-electron chi connectivity index (χ2n) is 6.23. The van der Waals surface area contributed by atoms with Crippen molar-refractivity contribution in [1.29, 1.82) is 0 Å². The van der Waals surface area contributed by atoms with Crippen LogP contribution in [0.25, 0.3) is 0 Å². The number of hydrogen-bond acceptors (Lipinski definition) is 3. The average molecular weight is 274 g/mol. The minimum atomic E-state index is -0.513. The molecule has 0 spiro atoms. The highest BCUT2D eigenvalue weighted by Gasteiger charge is 2.21. The summed E-state index contributed by atoms with van der Waals surface area (Å²) in [5, 5.41) is 24.5. The summed E-state index contributed by atoms with van der Waals surface area (Å²) in [4.78, 5) is 11.6. The second-order valence-corrected chi connectivity index (χ2v) is 6.23. The van der Waals surface area contributed by atoms with E-state index in [0.717, 1.165) is 6.42 Å². The molecule has 0 aliphatic carbocycles. The Hall–Kier alpha value is -0.810. The Labute approximate surface area is 116 Å². The van der Waals surface area contributed by atoms with Crippen LogP contribution in [0.15, 0.2) is 0 Å². The van der Waals surface area contributed by atoms with E-state index in [2.05, 4.69) is 10.6 Å². The van der Waals surface area contributed by atoms with E-state index in [4.69, 9.17) is 0 Å². The predicted molar refractivity (Wildman–Crippen MR) is 76.9 cm³/mol. The van der Waals surface area contributed by atoms with Gasteiger partial charge in [-0.15, -0.1) is 0 Å². The highest BCUT2D eigenvalue weighted by atomic mass is 16.3. The van der Waals surface area contributed by atoms with E-state index in [1.807, 2.05) is 27.7 Å². The van der Waals surface area contributed by atoms with E-state index >= 15 is 0 Å². The lowest BCUT2D eigenvalue weighted by molar-refractivity contribution is 0.113. The van der Waals surface area contributed by atoms with Crippen LogP contribution in [0.3, 0.4) is 0 Å². The molecule has 0 fully saturated rings. The fourth-order valence-corrected chi connectivity index (χ4v) is 1.92. The van der Waals surface area contributed by atoms with E-state index in [1.165, 1.54) is 0 Å². The van der Waals surface area contributed by atoms with Gasteiger partial charge in [-0.1, -0.05) is 34.1 Å².